The highest BCUT2D eigenvalue weighted by Gasteiger charge is 2.27. The summed E-state index contributed by atoms with van der Waals surface area (Å²) in [7, 11) is 0. The highest BCUT2D eigenvalue weighted by atomic mass is 19.1. The van der Waals surface area contributed by atoms with Gasteiger partial charge in [-0.25, -0.2) is 4.39 Å². The Hall–Kier alpha value is -0.890. The Morgan fingerprint density at radius 3 is 2.71 bits per heavy atom. The van der Waals surface area contributed by atoms with Crippen LogP contribution in [0.3, 0.4) is 0 Å². The molecule has 1 aliphatic carbocycles. The molecule has 2 rings (SSSR count). The van der Waals surface area contributed by atoms with E-state index in [0.717, 1.165) is 12.8 Å². The molecule has 0 aromatic heterocycles. The van der Waals surface area contributed by atoms with Crippen LogP contribution in [-0.4, -0.2) is 6.04 Å². The molecule has 0 radical (unpaired) electrons. The number of hydrogen-bond donors (Lipinski definition) is 1. The highest BCUT2D eigenvalue weighted by molar-refractivity contribution is 5.35. The van der Waals surface area contributed by atoms with Crippen molar-refractivity contribution in [1.82, 2.24) is 5.32 Å². The normalized spacial score (nSPS) is 21.4. The second-order valence-electron chi connectivity index (χ2n) is 6.19. The van der Waals surface area contributed by atoms with Gasteiger partial charge in [-0.15, -0.1) is 0 Å². The molecule has 0 fully saturated rings. The van der Waals surface area contributed by atoms with Gasteiger partial charge in [-0.3, -0.25) is 0 Å². The number of fused-ring (bicyclic) bond motifs is 1. The van der Waals surface area contributed by atoms with Crippen molar-refractivity contribution in [1.29, 1.82) is 0 Å². The maximum absolute atomic E-state index is 13.1. The average Bonchev–Trinajstić information content (AvgIpc) is 2.59. The van der Waals surface area contributed by atoms with E-state index in [4.69, 9.17) is 0 Å². The first-order chi connectivity index (χ1) is 7.88. The molecule has 0 bridgehead atoms. The van der Waals surface area contributed by atoms with Crippen LogP contribution in [0.15, 0.2) is 18.2 Å². The van der Waals surface area contributed by atoms with E-state index in [0.29, 0.717) is 12.1 Å². The molecule has 0 saturated heterocycles. The Kier molecular flexibility index (Phi) is 3.26. The fraction of sp³-hybridized carbons (Fsp3) is 0.600. The molecule has 2 unspecified atom stereocenters. The molecule has 1 aliphatic rings. The number of aryl methyl sites for hydroxylation is 1. The van der Waals surface area contributed by atoms with Crippen LogP contribution in [0.2, 0.25) is 0 Å². The van der Waals surface area contributed by atoms with Crippen molar-refractivity contribution >= 4 is 0 Å². The van der Waals surface area contributed by atoms with Gasteiger partial charge in [0, 0.05) is 12.1 Å². The third-order valence-corrected chi connectivity index (χ3v) is 3.93. The van der Waals surface area contributed by atoms with E-state index < -0.39 is 0 Å². The van der Waals surface area contributed by atoms with Crippen LogP contribution < -0.4 is 5.32 Å². The number of halogens is 1. The van der Waals surface area contributed by atoms with E-state index in [-0.39, 0.29) is 11.2 Å². The van der Waals surface area contributed by atoms with Gasteiger partial charge in [0.05, 0.1) is 0 Å². The lowest BCUT2D eigenvalue weighted by molar-refractivity contribution is 0.262. The topological polar surface area (TPSA) is 12.0 Å². The van der Waals surface area contributed by atoms with Crippen LogP contribution in [0.25, 0.3) is 0 Å². The molecular formula is C15H22FN. The molecule has 0 heterocycles. The minimum absolute atomic E-state index is 0.117. The molecule has 94 valence electrons. The fourth-order valence-corrected chi connectivity index (χ4v) is 2.31. The molecule has 0 saturated carbocycles. The lowest BCUT2D eigenvalue weighted by Gasteiger charge is -2.31. The summed E-state index contributed by atoms with van der Waals surface area (Å²) in [5.74, 6) is -0.117. The predicted octanol–water partition coefficient (Wildman–Crippen LogP) is 3.84. The summed E-state index contributed by atoms with van der Waals surface area (Å²) in [4.78, 5) is 0. The van der Waals surface area contributed by atoms with Gasteiger partial charge in [0.25, 0.3) is 0 Å². The molecule has 2 atom stereocenters. The molecule has 0 aliphatic heterocycles. The standard InChI is InChI=1S/C15H22FN/c1-10(15(2,3)4)17-14-8-5-11-9-12(16)6-7-13(11)14/h6-7,9-10,14,17H,5,8H2,1-4H3. The Labute approximate surface area is 103 Å². The van der Waals surface area contributed by atoms with Crippen LogP contribution in [0.4, 0.5) is 4.39 Å². The van der Waals surface area contributed by atoms with Crippen molar-refractivity contribution in [2.24, 2.45) is 5.41 Å². The van der Waals surface area contributed by atoms with Gasteiger partial charge in [0.15, 0.2) is 0 Å². The third kappa shape index (κ3) is 2.68. The van der Waals surface area contributed by atoms with Crippen molar-refractivity contribution in [3.63, 3.8) is 0 Å². The molecule has 0 spiro atoms. The van der Waals surface area contributed by atoms with Crippen molar-refractivity contribution in [2.75, 3.05) is 0 Å². The summed E-state index contributed by atoms with van der Waals surface area (Å²) in [6.45, 7) is 8.95. The van der Waals surface area contributed by atoms with Gasteiger partial charge in [0.1, 0.15) is 5.82 Å². The second-order valence-corrected chi connectivity index (χ2v) is 6.19. The summed E-state index contributed by atoms with van der Waals surface area (Å²) < 4.78 is 13.1. The monoisotopic (exact) mass is 235 g/mol. The summed E-state index contributed by atoms with van der Waals surface area (Å²) in [5, 5.41) is 3.67. The SMILES string of the molecule is CC(NC1CCc2cc(F)ccc21)C(C)(C)C. The molecule has 2 heteroatoms. The van der Waals surface area contributed by atoms with E-state index in [1.807, 2.05) is 6.07 Å². The van der Waals surface area contributed by atoms with Crippen molar-refractivity contribution in [3.05, 3.63) is 35.1 Å². The molecular weight excluding hydrogens is 213 g/mol. The maximum atomic E-state index is 13.1. The quantitative estimate of drug-likeness (QED) is 0.821. The zero-order valence-corrected chi connectivity index (χ0v) is 11.2. The van der Waals surface area contributed by atoms with Gasteiger partial charge < -0.3 is 5.32 Å². The maximum Gasteiger partial charge on any atom is 0.123 e. The average molecular weight is 235 g/mol. The lowest BCUT2D eigenvalue weighted by Crippen LogP contribution is -2.39. The van der Waals surface area contributed by atoms with E-state index in [1.54, 1.807) is 12.1 Å². The zero-order valence-electron chi connectivity index (χ0n) is 11.2. The minimum Gasteiger partial charge on any atom is -0.307 e. The molecule has 1 aromatic carbocycles. The number of hydrogen-bond acceptors (Lipinski definition) is 1. The molecule has 17 heavy (non-hydrogen) atoms. The first-order valence-corrected chi connectivity index (χ1v) is 6.42. The zero-order chi connectivity index (χ0) is 12.6. The number of benzene rings is 1. The molecule has 1 aromatic rings. The van der Waals surface area contributed by atoms with Crippen LogP contribution in [0.5, 0.6) is 0 Å². The summed E-state index contributed by atoms with van der Waals surface area (Å²) >= 11 is 0. The third-order valence-electron chi connectivity index (χ3n) is 3.93. The summed E-state index contributed by atoms with van der Waals surface area (Å²) in [6.07, 6.45) is 2.07. The first-order valence-electron chi connectivity index (χ1n) is 6.42. The van der Waals surface area contributed by atoms with E-state index in [2.05, 4.69) is 33.0 Å². The fourth-order valence-electron chi connectivity index (χ4n) is 2.31. The van der Waals surface area contributed by atoms with Crippen molar-refractivity contribution in [2.45, 2.75) is 52.6 Å². The number of nitrogens with one attached hydrogen (secondary N) is 1. The molecule has 1 nitrogen and oxygen atoms in total. The Morgan fingerprint density at radius 2 is 2.06 bits per heavy atom. The first kappa shape index (κ1) is 12.6. The van der Waals surface area contributed by atoms with Crippen molar-refractivity contribution in [3.8, 4) is 0 Å². The van der Waals surface area contributed by atoms with E-state index >= 15 is 0 Å². The Morgan fingerprint density at radius 1 is 1.35 bits per heavy atom. The number of rotatable bonds is 2. The van der Waals surface area contributed by atoms with Crippen LogP contribution in [0.1, 0.15) is 51.3 Å². The van der Waals surface area contributed by atoms with Crippen LogP contribution >= 0.6 is 0 Å². The minimum atomic E-state index is -0.117. The highest BCUT2D eigenvalue weighted by Crippen LogP contribution is 2.33. The molecule has 0 amide bonds. The summed E-state index contributed by atoms with van der Waals surface area (Å²) in [6, 6.07) is 6.02. The lowest BCUT2D eigenvalue weighted by atomic mass is 9.87. The van der Waals surface area contributed by atoms with Gasteiger partial charge in [-0.05, 0) is 48.4 Å². The largest absolute Gasteiger partial charge is 0.307 e. The van der Waals surface area contributed by atoms with Gasteiger partial charge >= 0.3 is 0 Å². The van der Waals surface area contributed by atoms with Gasteiger partial charge in [-0.1, -0.05) is 26.8 Å². The van der Waals surface area contributed by atoms with Crippen molar-refractivity contribution < 1.29 is 4.39 Å². The second kappa shape index (κ2) is 4.41. The van der Waals surface area contributed by atoms with Crippen LogP contribution in [0, 0.1) is 11.2 Å². The van der Waals surface area contributed by atoms with E-state index in [9.17, 15) is 4.39 Å². The van der Waals surface area contributed by atoms with Gasteiger partial charge in [-0.2, -0.15) is 0 Å². The summed E-state index contributed by atoms with van der Waals surface area (Å²) in [5.41, 5.74) is 2.70. The van der Waals surface area contributed by atoms with E-state index in [1.165, 1.54) is 11.1 Å². The Balaban J connectivity index is 2.12. The smallest absolute Gasteiger partial charge is 0.123 e. The predicted molar refractivity (Wildman–Crippen MR) is 69.5 cm³/mol. The van der Waals surface area contributed by atoms with Gasteiger partial charge in [0.2, 0.25) is 0 Å². The molecule has 1 N–H and O–H groups in total. The Bertz CT molecular complexity index is 406. The van der Waals surface area contributed by atoms with Crippen LogP contribution in [-0.2, 0) is 6.42 Å².